The first-order chi connectivity index (χ1) is 10.4. The first-order valence-corrected chi connectivity index (χ1v) is 7.84. The molecule has 5 nitrogen and oxygen atoms in total. The summed E-state index contributed by atoms with van der Waals surface area (Å²) in [5.41, 5.74) is 1.21. The lowest BCUT2D eigenvalue weighted by molar-refractivity contribution is -0.692. The molecule has 0 saturated heterocycles. The van der Waals surface area contributed by atoms with Crippen LogP contribution < -0.4 is 16.0 Å². The Balaban J connectivity index is 2.42. The summed E-state index contributed by atoms with van der Waals surface area (Å²) >= 11 is 0. The predicted molar refractivity (Wildman–Crippen MR) is 87.1 cm³/mol. The van der Waals surface area contributed by atoms with Crippen LogP contribution in [0.15, 0.2) is 30.3 Å². The van der Waals surface area contributed by atoms with E-state index in [1.807, 2.05) is 37.4 Å². The summed E-state index contributed by atoms with van der Waals surface area (Å²) in [6, 6.07) is 10.5. The van der Waals surface area contributed by atoms with Crippen LogP contribution in [0.1, 0.15) is 39.3 Å². The van der Waals surface area contributed by atoms with Crippen molar-refractivity contribution < 1.29 is 14.9 Å². The lowest BCUT2D eigenvalue weighted by Gasteiger charge is -2.19. The van der Waals surface area contributed by atoms with Crippen LogP contribution in [-0.2, 0) is 9.59 Å². The fourth-order valence-corrected chi connectivity index (χ4v) is 2.33. The Labute approximate surface area is 132 Å². The van der Waals surface area contributed by atoms with E-state index >= 15 is 0 Å². The van der Waals surface area contributed by atoms with Crippen LogP contribution in [0.3, 0.4) is 0 Å². The van der Waals surface area contributed by atoms with Gasteiger partial charge in [0.15, 0.2) is 6.54 Å². The number of carbonyl (C=O) groups excluding carboxylic acids is 2. The normalized spacial score (nSPS) is 12.3. The average Bonchev–Trinajstić information content (AvgIpc) is 2.45. The maximum atomic E-state index is 11.9. The second-order valence-electron chi connectivity index (χ2n) is 6.12. The Hall–Kier alpha value is -1.88. The molecule has 1 atom stereocenters. The van der Waals surface area contributed by atoms with E-state index in [-0.39, 0.29) is 30.4 Å². The molecule has 0 bridgehead atoms. The molecule has 0 aliphatic rings. The molecule has 0 aliphatic heterocycles. The third-order valence-electron chi connectivity index (χ3n) is 3.36. The molecule has 0 unspecified atom stereocenters. The second kappa shape index (κ2) is 9.20. The van der Waals surface area contributed by atoms with E-state index in [4.69, 9.17) is 0 Å². The van der Waals surface area contributed by atoms with Crippen LogP contribution in [0.25, 0.3) is 0 Å². The van der Waals surface area contributed by atoms with Crippen molar-refractivity contribution in [3.8, 4) is 0 Å². The predicted octanol–water partition coefficient (Wildman–Crippen LogP) is 0.588. The lowest BCUT2D eigenvalue weighted by atomic mass is 9.96. The topological polar surface area (TPSA) is 74.8 Å². The molecule has 0 fully saturated rings. The largest absolute Gasteiger partial charge is 0.352 e. The van der Waals surface area contributed by atoms with Gasteiger partial charge in [-0.15, -0.1) is 0 Å². The highest BCUT2D eigenvalue weighted by Crippen LogP contribution is 2.16. The minimum atomic E-state index is -0.160. The molecule has 1 aromatic rings. The highest BCUT2D eigenvalue weighted by molar-refractivity contribution is 5.85. The van der Waals surface area contributed by atoms with Crippen LogP contribution in [0.4, 0.5) is 0 Å². The average molecular weight is 306 g/mol. The molecule has 5 heteroatoms. The number of nitrogens with one attached hydrogen (secondary N) is 2. The molecule has 22 heavy (non-hydrogen) atoms. The lowest BCUT2D eigenvalue weighted by Crippen LogP contribution is -2.88. The Morgan fingerprint density at radius 3 is 2.23 bits per heavy atom. The summed E-state index contributed by atoms with van der Waals surface area (Å²) < 4.78 is 0. The van der Waals surface area contributed by atoms with E-state index in [9.17, 15) is 9.59 Å². The number of nitrogens with two attached hydrogens (primary N) is 1. The summed E-state index contributed by atoms with van der Waals surface area (Å²) in [6.07, 6.45) is 0. The number of hydrogen-bond acceptors (Lipinski definition) is 2. The second-order valence-corrected chi connectivity index (χ2v) is 6.12. The highest BCUT2D eigenvalue weighted by Gasteiger charge is 2.20. The Morgan fingerprint density at radius 1 is 1.05 bits per heavy atom. The molecule has 2 amide bonds. The van der Waals surface area contributed by atoms with Gasteiger partial charge in [0.05, 0.1) is 6.54 Å². The van der Waals surface area contributed by atoms with Gasteiger partial charge in [-0.05, 0) is 13.8 Å². The molecular weight excluding hydrogens is 278 g/mol. The molecule has 0 spiro atoms. The van der Waals surface area contributed by atoms with Gasteiger partial charge in [0.1, 0.15) is 6.04 Å². The van der Waals surface area contributed by atoms with Crippen molar-refractivity contribution in [3.63, 3.8) is 0 Å². The first-order valence-electron chi connectivity index (χ1n) is 7.84. The summed E-state index contributed by atoms with van der Waals surface area (Å²) in [5, 5.41) is 7.42. The fourth-order valence-electron chi connectivity index (χ4n) is 2.33. The van der Waals surface area contributed by atoms with Crippen molar-refractivity contribution in [1.29, 1.82) is 0 Å². The quantitative estimate of drug-likeness (QED) is 0.657. The zero-order valence-electron chi connectivity index (χ0n) is 13.9. The van der Waals surface area contributed by atoms with Gasteiger partial charge in [-0.3, -0.25) is 9.59 Å². The maximum Gasteiger partial charge on any atom is 0.275 e. The third kappa shape index (κ3) is 6.72. The number of benzene rings is 1. The molecule has 0 radical (unpaired) electrons. The van der Waals surface area contributed by atoms with Crippen LogP contribution >= 0.6 is 0 Å². The van der Waals surface area contributed by atoms with Crippen molar-refractivity contribution in [2.75, 3.05) is 13.1 Å². The third-order valence-corrected chi connectivity index (χ3v) is 3.36. The van der Waals surface area contributed by atoms with E-state index in [1.165, 1.54) is 5.56 Å². The van der Waals surface area contributed by atoms with Crippen LogP contribution in [0.5, 0.6) is 0 Å². The number of rotatable bonds is 8. The molecule has 1 rings (SSSR count). The molecule has 0 saturated carbocycles. The number of quaternary nitrogens is 1. The smallest absolute Gasteiger partial charge is 0.275 e. The monoisotopic (exact) mass is 306 g/mol. The molecule has 0 aliphatic carbocycles. The van der Waals surface area contributed by atoms with E-state index in [0.29, 0.717) is 12.5 Å². The molecule has 4 N–H and O–H groups in total. The van der Waals surface area contributed by atoms with Gasteiger partial charge in [0.25, 0.3) is 5.91 Å². The summed E-state index contributed by atoms with van der Waals surface area (Å²) in [7, 11) is 0. The summed E-state index contributed by atoms with van der Waals surface area (Å²) in [6.45, 7) is 8.40. The molecule has 0 aromatic heterocycles. The maximum absolute atomic E-state index is 11.9. The SMILES string of the molecule is CC(C)NC(=O)CNC(=O)C[NH2+][C@@H](c1ccccc1)C(C)C. The molecule has 122 valence electrons. The van der Waals surface area contributed by atoms with Gasteiger partial charge in [0.2, 0.25) is 5.91 Å². The van der Waals surface area contributed by atoms with Crippen molar-refractivity contribution in [2.45, 2.75) is 39.8 Å². The van der Waals surface area contributed by atoms with E-state index in [2.05, 4.69) is 36.6 Å². The van der Waals surface area contributed by atoms with Gasteiger partial charge in [0, 0.05) is 17.5 Å². The highest BCUT2D eigenvalue weighted by atomic mass is 16.2. The Bertz CT molecular complexity index is 472. The van der Waals surface area contributed by atoms with Gasteiger partial charge in [-0.1, -0.05) is 44.2 Å². The molecular formula is C17H28N3O2+. The van der Waals surface area contributed by atoms with E-state index < -0.39 is 0 Å². The minimum absolute atomic E-state index is 0.0303. The van der Waals surface area contributed by atoms with Crippen molar-refractivity contribution >= 4 is 11.8 Å². The number of hydrogen-bond donors (Lipinski definition) is 3. The van der Waals surface area contributed by atoms with Crippen LogP contribution in [0.2, 0.25) is 0 Å². The van der Waals surface area contributed by atoms with E-state index in [0.717, 1.165) is 0 Å². The van der Waals surface area contributed by atoms with Crippen LogP contribution in [-0.4, -0.2) is 30.9 Å². The van der Waals surface area contributed by atoms with Gasteiger partial charge < -0.3 is 16.0 Å². The molecule has 1 aromatic carbocycles. The van der Waals surface area contributed by atoms with Crippen molar-refractivity contribution in [3.05, 3.63) is 35.9 Å². The zero-order chi connectivity index (χ0) is 16.5. The van der Waals surface area contributed by atoms with Gasteiger partial charge in [-0.2, -0.15) is 0 Å². The van der Waals surface area contributed by atoms with Crippen molar-refractivity contribution in [1.82, 2.24) is 10.6 Å². The Morgan fingerprint density at radius 2 is 1.68 bits per heavy atom. The minimum Gasteiger partial charge on any atom is -0.352 e. The van der Waals surface area contributed by atoms with Gasteiger partial charge >= 0.3 is 0 Å². The van der Waals surface area contributed by atoms with Crippen LogP contribution in [0, 0.1) is 5.92 Å². The standard InChI is InChI=1S/C17H27N3O2/c1-12(2)17(14-8-6-5-7-9-14)19-10-15(21)18-11-16(22)20-13(3)4/h5-9,12-13,17,19H,10-11H2,1-4H3,(H,18,21)(H,20,22)/p+1/t17-/m1/s1. The first kappa shape index (κ1) is 18.2. The fraction of sp³-hybridized carbons (Fsp3) is 0.529. The number of amides is 2. The summed E-state index contributed by atoms with van der Waals surface area (Å²) in [5.74, 6) is 0.131. The zero-order valence-corrected chi connectivity index (χ0v) is 13.9. The Kier molecular flexibility index (Phi) is 7.60. The van der Waals surface area contributed by atoms with Gasteiger partial charge in [-0.25, -0.2) is 0 Å². The summed E-state index contributed by atoms with van der Waals surface area (Å²) in [4.78, 5) is 23.4. The molecule has 0 heterocycles. The van der Waals surface area contributed by atoms with E-state index in [1.54, 1.807) is 0 Å². The van der Waals surface area contributed by atoms with Crippen molar-refractivity contribution in [2.24, 2.45) is 5.92 Å². The number of carbonyl (C=O) groups is 2.